The largest absolute Gasteiger partial charge is 0.493 e. The molecule has 0 bridgehead atoms. The number of carbonyl (C=O) groups excluding carboxylic acids is 1. The van der Waals surface area contributed by atoms with Crippen LogP contribution in [0.5, 0.6) is 11.5 Å². The zero-order valence-corrected chi connectivity index (χ0v) is 15.7. The van der Waals surface area contributed by atoms with Crippen LogP contribution in [0.25, 0.3) is 0 Å². The van der Waals surface area contributed by atoms with Gasteiger partial charge in [-0.25, -0.2) is 4.99 Å². The Morgan fingerprint density at radius 3 is 2.41 bits per heavy atom. The minimum atomic E-state index is -0.0781. The smallest absolute Gasteiger partial charge is 0.251 e. The fourth-order valence-corrected chi connectivity index (χ4v) is 2.41. The Hall–Kier alpha value is -3.22. The minimum Gasteiger partial charge on any atom is -0.493 e. The molecular formula is C20H26N4O3. The molecule has 0 radical (unpaired) electrons. The van der Waals surface area contributed by atoms with Crippen LogP contribution in [-0.2, 0) is 6.54 Å². The summed E-state index contributed by atoms with van der Waals surface area (Å²) in [6.07, 6.45) is 0.741. The summed E-state index contributed by atoms with van der Waals surface area (Å²) in [6, 6.07) is 14.7. The predicted molar refractivity (Wildman–Crippen MR) is 106 cm³/mol. The lowest BCUT2D eigenvalue weighted by Crippen LogP contribution is -2.34. The molecule has 7 nitrogen and oxygen atoms in total. The second-order valence-electron chi connectivity index (χ2n) is 5.79. The van der Waals surface area contributed by atoms with Crippen molar-refractivity contribution in [2.24, 2.45) is 10.7 Å². The summed E-state index contributed by atoms with van der Waals surface area (Å²) in [5, 5.41) is 5.91. The van der Waals surface area contributed by atoms with Gasteiger partial charge in [0, 0.05) is 18.7 Å². The van der Waals surface area contributed by atoms with Crippen molar-refractivity contribution in [1.82, 2.24) is 10.6 Å². The first-order valence-electron chi connectivity index (χ1n) is 8.72. The number of nitrogens with two attached hydrogens (primary N) is 1. The normalized spacial score (nSPS) is 11.0. The van der Waals surface area contributed by atoms with E-state index in [-0.39, 0.29) is 5.91 Å². The van der Waals surface area contributed by atoms with E-state index in [9.17, 15) is 4.79 Å². The summed E-state index contributed by atoms with van der Waals surface area (Å²) in [6.45, 7) is 1.62. The summed E-state index contributed by atoms with van der Waals surface area (Å²) in [5.74, 6) is 1.62. The van der Waals surface area contributed by atoms with Gasteiger partial charge in [0.25, 0.3) is 5.91 Å². The SMILES string of the molecule is COc1ccc(CN=C(N)NCCCNC(=O)c2ccccc2)cc1OC. The zero-order chi connectivity index (χ0) is 19.5. The number of rotatable bonds is 9. The third-order valence-electron chi connectivity index (χ3n) is 3.86. The number of methoxy groups -OCH3 is 2. The average Bonchev–Trinajstić information content (AvgIpc) is 2.72. The van der Waals surface area contributed by atoms with Crippen LogP contribution < -0.4 is 25.8 Å². The van der Waals surface area contributed by atoms with E-state index in [1.165, 1.54) is 0 Å². The molecule has 7 heteroatoms. The van der Waals surface area contributed by atoms with Gasteiger partial charge in [0.2, 0.25) is 0 Å². The second-order valence-corrected chi connectivity index (χ2v) is 5.79. The van der Waals surface area contributed by atoms with Crippen molar-refractivity contribution >= 4 is 11.9 Å². The maximum atomic E-state index is 11.9. The van der Waals surface area contributed by atoms with Crippen molar-refractivity contribution in [2.45, 2.75) is 13.0 Å². The van der Waals surface area contributed by atoms with E-state index in [1.54, 1.807) is 26.4 Å². The first-order valence-corrected chi connectivity index (χ1v) is 8.72. The Bertz CT molecular complexity index is 763. The van der Waals surface area contributed by atoms with E-state index in [0.29, 0.717) is 42.7 Å². The van der Waals surface area contributed by atoms with Crippen molar-refractivity contribution < 1.29 is 14.3 Å². The molecule has 0 atom stereocenters. The number of aliphatic imine (C=N–C) groups is 1. The van der Waals surface area contributed by atoms with Crippen LogP contribution in [0.4, 0.5) is 0 Å². The van der Waals surface area contributed by atoms with Gasteiger partial charge in [-0.3, -0.25) is 4.79 Å². The van der Waals surface area contributed by atoms with Crippen molar-refractivity contribution in [3.8, 4) is 11.5 Å². The highest BCUT2D eigenvalue weighted by atomic mass is 16.5. The van der Waals surface area contributed by atoms with E-state index in [0.717, 1.165) is 12.0 Å². The number of carbonyl (C=O) groups is 1. The first-order chi connectivity index (χ1) is 13.1. The van der Waals surface area contributed by atoms with Crippen LogP contribution >= 0.6 is 0 Å². The van der Waals surface area contributed by atoms with Crippen LogP contribution in [0.1, 0.15) is 22.3 Å². The number of nitrogens with one attached hydrogen (secondary N) is 2. The highest BCUT2D eigenvalue weighted by Gasteiger charge is 2.05. The number of benzene rings is 2. The van der Waals surface area contributed by atoms with E-state index in [4.69, 9.17) is 15.2 Å². The summed E-state index contributed by atoms with van der Waals surface area (Å²) in [7, 11) is 3.19. The Morgan fingerprint density at radius 1 is 1.00 bits per heavy atom. The molecule has 1 amide bonds. The lowest BCUT2D eigenvalue weighted by Gasteiger charge is -2.09. The number of hydrogen-bond donors (Lipinski definition) is 3. The minimum absolute atomic E-state index is 0.0781. The average molecular weight is 370 g/mol. The topological polar surface area (TPSA) is 98.0 Å². The standard InChI is InChI=1S/C20H26N4O3/c1-26-17-10-9-15(13-18(17)27-2)14-24-20(21)23-12-6-11-22-19(25)16-7-4-3-5-8-16/h3-5,7-10,13H,6,11-12,14H2,1-2H3,(H,22,25)(H3,21,23,24). The number of hydrogen-bond acceptors (Lipinski definition) is 4. The number of guanidine groups is 1. The van der Waals surface area contributed by atoms with Gasteiger partial charge in [0.05, 0.1) is 20.8 Å². The molecular weight excluding hydrogens is 344 g/mol. The van der Waals surface area contributed by atoms with Crippen LogP contribution in [0.15, 0.2) is 53.5 Å². The van der Waals surface area contributed by atoms with Crippen LogP contribution in [0, 0.1) is 0 Å². The zero-order valence-electron chi connectivity index (χ0n) is 15.7. The molecule has 0 aromatic heterocycles. The Labute approximate surface area is 159 Å². The van der Waals surface area contributed by atoms with E-state index >= 15 is 0 Å². The molecule has 2 aromatic carbocycles. The van der Waals surface area contributed by atoms with Gasteiger partial charge < -0.3 is 25.8 Å². The highest BCUT2D eigenvalue weighted by molar-refractivity contribution is 5.94. The monoisotopic (exact) mass is 370 g/mol. The number of nitrogens with zero attached hydrogens (tertiary/aromatic N) is 1. The fourth-order valence-electron chi connectivity index (χ4n) is 2.41. The van der Waals surface area contributed by atoms with Gasteiger partial charge >= 0.3 is 0 Å². The van der Waals surface area contributed by atoms with Gasteiger partial charge in [-0.05, 0) is 36.2 Å². The molecule has 4 N–H and O–H groups in total. The summed E-state index contributed by atoms with van der Waals surface area (Å²) in [4.78, 5) is 16.2. The number of ether oxygens (including phenoxy) is 2. The number of amides is 1. The van der Waals surface area contributed by atoms with Gasteiger partial charge in [-0.1, -0.05) is 24.3 Å². The quantitative estimate of drug-likeness (QED) is 0.356. The molecule has 0 heterocycles. The Balaban J connectivity index is 1.69. The molecule has 0 saturated carbocycles. The second kappa shape index (κ2) is 10.7. The fraction of sp³-hybridized carbons (Fsp3) is 0.300. The van der Waals surface area contributed by atoms with Gasteiger partial charge in [0.15, 0.2) is 17.5 Å². The van der Waals surface area contributed by atoms with Crippen molar-refractivity contribution in [3.05, 3.63) is 59.7 Å². The van der Waals surface area contributed by atoms with E-state index in [2.05, 4.69) is 15.6 Å². The van der Waals surface area contributed by atoms with Gasteiger partial charge in [-0.2, -0.15) is 0 Å². The maximum Gasteiger partial charge on any atom is 0.251 e. The van der Waals surface area contributed by atoms with E-state index in [1.807, 2.05) is 36.4 Å². The van der Waals surface area contributed by atoms with Crippen molar-refractivity contribution in [2.75, 3.05) is 27.3 Å². The third-order valence-corrected chi connectivity index (χ3v) is 3.86. The summed E-state index contributed by atoms with van der Waals surface area (Å²) < 4.78 is 10.5. The van der Waals surface area contributed by atoms with Gasteiger partial charge in [-0.15, -0.1) is 0 Å². The lowest BCUT2D eigenvalue weighted by atomic mass is 10.2. The molecule has 0 aliphatic rings. The van der Waals surface area contributed by atoms with E-state index < -0.39 is 0 Å². The molecule has 0 unspecified atom stereocenters. The molecule has 0 spiro atoms. The van der Waals surface area contributed by atoms with Crippen molar-refractivity contribution in [1.29, 1.82) is 0 Å². The van der Waals surface area contributed by atoms with Crippen LogP contribution in [0.3, 0.4) is 0 Å². The Kier molecular flexibility index (Phi) is 7.96. The first kappa shape index (κ1) is 20.1. The molecule has 0 saturated heterocycles. The summed E-state index contributed by atoms with van der Waals surface area (Å²) >= 11 is 0. The third kappa shape index (κ3) is 6.54. The lowest BCUT2D eigenvalue weighted by molar-refractivity contribution is 0.0953. The maximum absolute atomic E-state index is 11.9. The molecule has 27 heavy (non-hydrogen) atoms. The molecule has 0 fully saturated rings. The predicted octanol–water partition coefficient (Wildman–Crippen LogP) is 1.93. The van der Waals surface area contributed by atoms with Crippen molar-refractivity contribution in [3.63, 3.8) is 0 Å². The molecule has 0 aliphatic heterocycles. The molecule has 0 aliphatic carbocycles. The van der Waals surface area contributed by atoms with Crippen LogP contribution in [-0.4, -0.2) is 39.2 Å². The van der Waals surface area contributed by atoms with Crippen LogP contribution in [0.2, 0.25) is 0 Å². The van der Waals surface area contributed by atoms with Gasteiger partial charge in [0.1, 0.15) is 0 Å². The highest BCUT2D eigenvalue weighted by Crippen LogP contribution is 2.27. The Morgan fingerprint density at radius 2 is 1.70 bits per heavy atom. The molecule has 2 aromatic rings. The summed E-state index contributed by atoms with van der Waals surface area (Å²) in [5.41, 5.74) is 7.50. The molecule has 144 valence electrons. The molecule has 2 rings (SSSR count).